The molecule has 0 amide bonds. The zero-order chi connectivity index (χ0) is 32.6. The number of carbonyl (C=O) groups is 1. The number of esters is 1. The number of benzene rings is 2. The minimum atomic E-state index is -4.84. The van der Waals surface area contributed by atoms with E-state index in [0.717, 1.165) is 48.1 Å². The Morgan fingerprint density at radius 1 is 1.18 bits per heavy atom. The van der Waals surface area contributed by atoms with E-state index < -0.39 is 39.6 Å². The van der Waals surface area contributed by atoms with Gasteiger partial charge in [-0.2, -0.15) is 13.2 Å². The van der Waals surface area contributed by atoms with Gasteiger partial charge in [-0.15, -0.1) is 0 Å². The molecule has 2 aliphatic heterocycles. The Morgan fingerprint density at radius 3 is 2.58 bits per heavy atom. The van der Waals surface area contributed by atoms with Gasteiger partial charge in [-0.05, 0) is 49.6 Å². The molecule has 3 N–H and O–H groups in total. The third kappa shape index (κ3) is 9.22. The Balaban J connectivity index is 1.59. The monoisotopic (exact) mass is 649 g/mol. The largest absolute Gasteiger partial charge is 0.490 e. The van der Waals surface area contributed by atoms with Gasteiger partial charge < -0.3 is 20.1 Å². The number of halogens is 3. The van der Waals surface area contributed by atoms with E-state index in [2.05, 4.69) is 9.89 Å². The number of carbonyl (C=O) groups excluding carboxylic acids is 1. The highest BCUT2D eigenvalue weighted by molar-refractivity contribution is 7.93. The maximum Gasteiger partial charge on any atom is 0.420 e. The van der Waals surface area contributed by atoms with E-state index in [1.807, 2.05) is 0 Å². The van der Waals surface area contributed by atoms with E-state index >= 15 is 0 Å². The van der Waals surface area contributed by atoms with Gasteiger partial charge in [-0.3, -0.25) is 19.5 Å². The highest BCUT2D eigenvalue weighted by atomic mass is 32.2. The first-order valence-corrected chi connectivity index (χ1v) is 16.4. The van der Waals surface area contributed by atoms with Crippen molar-refractivity contribution in [1.82, 2.24) is 4.90 Å². The number of nitrogen functional groups attached to an aromatic ring is 1. The summed E-state index contributed by atoms with van der Waals surface area (Å²) in [4.78, 5) is 18.9. The van der Waals surface area contributed by atoms with Crippen molar-refractivity contribution in [2.24, 2.45) is 10.7 Å². The lowest BCUT2D eigenvalue weighted by Crippen LogP contribution is -2.42. The summed E-state index contributed by atoms with van der Waals surface area (Å²) in [5.74, 6) is -1.58. The summed E-state index contributed by atoms with van der Waals surface area (Å²) in [5.41, 5.74) is 5.17. The van der Waals surface area contributed by atoms with Crippen LogP contribution >= 0.6 is 0 Å². The van der Waals surface area contributed by atoms with Gasteiger partial charge in [0.1, 0.15) is 17.7 Å². The SMILES string of the molecule is CCOC(=O)CS(=O)(=O)N(C/C=C/c1cccc(C(=N)N)c1)c1ccc(OC2CCN(C3=NCCCC3)CC2)c(C(F)(F)F)c1. The number of likely N-dealkylation sites (tertiary alicyclic amines) is 1. The van der Waals surface area contributed by atoms with Crippen molar-refractivity contribution in [3.05, 3.63) is 65.2 Å². The molecule has 0 bridgehead atoms. The molecule has 2 aliphatic rings. The summed E-state index contributed by atoms with van der Waals surface area (Å²) in [6.07, 6.45) is 1.77. The molecule has 45 heavy (non-hydrogen) atoms. The Morgan fingerprint density at radius 2 is 1.93 bits per heavy atom. The number of nitrogens with two attached hydrogens (primary N) is 1. The van der Waals surface area contributed by atoms with Crippen LogP contribution in [0.4, 0.5) is 18.9 Å². The van der Waals surface area contributed by atoms with Gasteiger partial charge in [0.2, 0.25) is 10.0 Å². The second kappa shape index (κ2) is 14.8. The van der Waals surface area contributed by atoms with Crippen LogP contribution in [0.15, 0.2) is 53.5 Å². The molecule has 2 heterocycles. The molecular weight excluding hydrogens is 611 g/mol. The number of hydrogen-bond donors (Lipinski definition) is 2. The smallest absolute Gasteiger partial charge is 0.420 e. The number of hydrogen-bond acceptors (Lipinski definition) is 8. The van der Waals surface area contributed by atoms with Crippen molar-refractivity contribution in [3.8, 4) is 5.75 Å². The predicted octanol–water partition coefficient (Wildman–Crippen LogP) is 4.83. The number of nitrogens with one attached hydrogen (secondary N) is 1. The number of rotatable bonds is 11. The second-order valence-corrected chi connectivity index (χ2v) is 12.7. The Labute approximate surface area is 261 Å². The molecule has 0 unspecified atom stereocenters. The van der Waals surface area contributed by atoms with Crippen LogP contribution in [0.1, 0.15) is 55.7 Å². The van der Waals surface area contributed by atoms with E-state index in [1.54, 1.807) is 30.3 Å². The molecule has 0 aliphatic carbocycles. The number of ether oxygens (including phenoxy) is 2. The van der Waals surface area contributed by atoms with Crippen LogP contribution in [0, 0.1) is 5.41 Å². The van der Waals surface area contributed by atoms with Crippen molar-refractivity contribution < 1.29 is 35.9 Å². The first-order chi connectivity index (χ1) is 21.4. The molecule has 0 radical (unpaired) electrons. The van der Waals surface area contributed by atoms with Crippen LogP contribution in [0.25, 0.3) is 6.08 Å². The van der Waals surface area contributed by atoms with Crippen LogP contribution < -0.4 is 14.8 Å². The average molecular weight is 650 g/mol. The van der Waals surface area contributed by atoms with E-state index in [0.29, 0.717) is 37.1 Å². The molecule has 1 fully saturated rings. The Bertz CT molecular complexity index is 1540. The lowest BCUT2D eigenvalue weighted by atomic mass is 10.0. The van der Waals surface area contributed by atoms with Gasteiger partial charge in [0.15, 0.2) is 5.75 Å². The standard InChI is InChI=1S/C31H38F3N5O5S/c1-2-43-29(40)21-45(41,42)39(16-6-8-22-7-5-9-23(19-22)30(35)36)24-11-12-27(26(20-24)31(32,33)34)44-25-13-17-38(18-14-25)28-10-3-4-15-37-28/h5-9,11-12,19-20,25H,2-4,10,13-18,21H2,1H3,(H3,35,36)/b8-6+. The summed E-state index contributed by atoms with van der Waals surface area (Å²) < 4.78 is 81.1. The van der Waals surface area contributed by atoms with Gasteiger partial charge in [0.05, 0.1) is 30.2 Å². The fraction of sp³-hybridized carbons (Fsp3) is 0.452. The highest BCUT2D eigenvalue weighted by Crippen LogP contribution is 2.40. The molecule has 0 spiro atoms. The zero-order valence-electron chi connectivity index (χ0n) is 25.1. The van der Waals surface area contributed by atoms with Crippen LogP contribution in [0.2, 0.25) is 0 Å². The van der Waals surface area contributed by atoms with Gasteiger partial charge in [0, 0.05) is 44.5 Å². The molecule has 0 aromatic heterocycles. The van der Waals surface area contributed by atoms with Crippen molar-refractivity contribution in [2.45, 2.75) is 51.3 Å². The van der Waals surface area contributed by atoms with Crippen LogP contribution in [-0.4, -0.2) is 75.6 Å². The van der Waals surface area contributed by atoms with E-state index in [1.165, 1.54) is 19.1 Å². The molecule has 1 saturated heterocycles. The number of alkyl halides is 3. The first-order valence-electron chi connectivity index (χ1n) is 14.8. The maximum atomic E-state index is 14.3. The zero-order valence-corrected chi connectivity index (χ0v) is 25.9. The van der Waals surface area contributed by atoms with Crippen molar-refractivity contribution in [2.75, 3.05) is 42.8 Å². The van der Waals surface area contributed by atoms with Gasteiger partial charge in [-0.1, -0.05) is 30.4 Å². The molecule has 2 aromatic carbocycles. The molecule has 14 heteroatoms. The number of aliphatic imine (C=N–C) groups is 1. The van der Waals surface area contributed by atoms with E-state index in [4.69, 9.17) is 20.6 Å². The second-order valence-electron chi connectivity index (χ2n) is 10.8. The fourth-order valence-corrected chi connectivity index (χ4v) is 6.54. The summed E-state index contributed by atoms with van der Waals surface area (Å²) in [6.45, 7) is 3.13. The first kappa shape index (κ1) is 33.8. The quantitative estimate of drug-likeness (QED) is 0.202. The van der Waals surface area contributed by atoms with Crippen LogP contribution in [-0.2, 0) is 25.7 Å². The number of sulfonamides is 1. The number of anilines is 1. The highest BCUT2D eigenvalue weighted by Gasteiger charge is 2.37. The summed E-state index contributed by atoms with van der Waals surface area (Å²) >= 11 is 0. The molecule has 2 aromatic rings. The third-order valence-electron chi connectivity index (χ3n) is 7.48. The van der Waals surface area contributed by atoms with Crippen LogP contribution in [0.3, 0.4) is 0 Å². The number of amidine groups is 2. The molecular formula is C31H38F3N5O5S. The molecule has 10 nitrogen and oxygen atoms in total. The molecule has 244 valence electrons. The van der Waals surface area contributed by atoms with Crippen LogP contribution in [0.5, 0.6) is 5.75 Å². The molecule has 4 rings (SSSR count). The molecule has 0 saturated carbocycles. The van der Waals surface area contributed by atoms with E-state index in [9.17, 15) is 26.4 Å². The summed E-state index contributed by atoms with van der Waals surface area (Å²) in [6, 6.07) is 9.69. The predicted molar refractivity (Wildman–Crippen MR) is 167 cm³/mol. The number of nitrogens with zero attached hydrogens (tertiary/aromatic N) is 3. The maximum absolute atomic E-state index is 14.3. The van der Waals surface area contributed by atoms with Gasteiger partial charge in [0.25, 0.3) is 0 Å². The Hall–Kier alpha value is -4.07. The third-order valence-corrected chi connectivity index (χ3v) is 9.11. The summed E-state index contributed by atoms with van der Waals surface area (Å²) in [5, 5.41) is 7.60. The average Bonchev–Trinajstić information content (AvgIpc) is 3.00. The minimum absolute atomic E-state index is 0.0575. The van der Waals surface area contributed by atoms with Crippen molar-refractivity contribution in [3.63, 3.8) is 0 Å². The lowest BCUT2D eigenvalue weighted by Gasteiger charge is -2.35. The fourth-order valence-electron chi connectivity index (χ4n) is 5.25. The van der Waals surface area contributed by atoms with Crippen molar-refractivity contribution in [1.29, 1.82) is 5.41 Å². The Kier molecular flexibility index (Phi) is 11.1. The van der Waals surface area contributed by atoms with Gasteiger partial charge >= 0.3 is 12.1 Å². The normalized spacial score (nSPS) is 16.4. The van der Waals surface area contributed by atoms with Gasteiger partial charge in [-0.25, -0.2) is 8.42 Å². The summed E-state index contributed by atoms with van der Waals surface area (Å²) in [7, 11) is -4.46. The molecule has 0 atom stereocenters. The lowest BCUT2D eigenvalue weighted by molar-refractivity contribution is -0.140. The number of piperidine rings is 1. The topological polar surface area (TPSA) is 138 Å². The minimum Gasteiger partial charge on any atom is -0.490 e. The van der Waals surface area contributed by atoms with E-state index in [-0.39, 0.29) is 30.4 Å². The van der Waals surface area contributed by atoms with Crippen molar-refractivity contribution >= 4 is 39.4 Å².